The molecule has 0 fully saturated rings. The quantitative estimate of drug-likeness (QED) is 0.820. The second kappa shape index (κ2) is 5.56. The Morgan fingerprint density at radius 3 is 2.67 bits per heavy atom. The first-order valence-corrected chi connectivity index (χ1v) is 5.27. The summed E-state index contributed by atoms with van der Waals surface area (Å²) in [7, 11) is 1.68. The average molecular weight is 205 g/mol. The van der Waals surface area contributed by atoms with Crippen LogP contribution in [0.2, 0.25) is 0 Å². The lowest BCUT2D eigenvalue weighted by molar-refractivity contribution is 0.409. The molecule has 0 unspecified atom stereocenters. The fourth-order valence-corrected chi connectivity index (χ4v) is 1.63. The minimum absolute atomic E-state index is 0.508. The van der Waals surface area contributed by atoms with E-state index in [1.54, 1.807) is 7.11 Å². The monoisotopic (exact) mass is 205 g/mol. The van der Waals surface area contributed by atoms with Crippen molar-refractivity contribution < 1.29 is 4.74 Å². The predicted octanol–water partition coefficient (Wildman–Crippen LogP) is 2.89. The van der Waals surface area contributed by atoms with Gasteiger partial charge in [0.05, 0.1) is 7.11 Å². The van der Waals surface area contributed by atoms with Crippen molar-refractivity contribution in [2.24, 2.45) is 5.73 Å². The maximum absolute atomic E-state index is 5.75. The summed E-state index contributed by atoms with van der Waals surface area (Å²) in [5.41, 5.74) is 9.27. The minimum Gasteiger partial charge on any atom is -0.496 e. The lowest BCUT2D eigenvalue weighted by Crippen LogP contribution is -2.03. The van der Waals surface area contributed by atoms with Gasteiger partial charge in [0.2, 0.25) is 0 Å². The first kappa shape index (κ1) is 11.8. The van der Waals surface area contributed by atoms with E-state index in [0.717, 1.165) is 17.7 Å². The summed E-state index contributed by atoms with van der Waals surface area (Å²) < 4.78 is 5.30. The van der Waals surface area contributed by atoms with Crippen LogP contribution in [-0.4, -0.2) is 7.11 Å². The smallest absolute Gasteiger partial charge is 0.123 e. The van der Waals surface area contributed by atoms with E-state index in [-0.39, 0.29) is 0 Å². The standard InChI is InChI=1S/C13H19NO/c1-4-5-6-11-10(2)7-8-13(15-3)12(11)9-14/h5-8H,4,9,14H2,1-3H3/b6-5-. The molecule has 2 N–H and O–H groups in total. The molecule has 0 saturated carbocycles. The molecule has 15 heavy (non-hydrogen) atoms. The highest BCUT2D eigenvalue weighted by Gasteiger charge is 2.07. The van der Waals surface area contributed by atoms with Crippen LogP contribution in [0.3, 0.4) is 0 Å². The van der Waals surface area contributed by atoms with Crippen LogP contribution in [0.1, 0.15) is 30.0 Å². The van der Waals surface area contributed by atoms with E-state index in [2.05, 4.69) is 32.1 Å². The van der Waals surface area contributed by atoms with Crippen molar-refractivity contribution in [2.45, 2.75) is 26.8 Å². The Morgan fingerprint density at radius 2 is 2.13 bits per heavy atom. The first-order chi connectivity index (χ1) is 7.24. The van der Waals surface area contributed by atoms with E-state index in [4.69, 9.17) is 10.5 Å². The van der Waals surface area contributed by atoms with Crippen molar-refractivity contribution in [1.29, 1.82) is 0 Å². The number of benzene rings is 1. The molecule has 1 rings (SSSR count). The van der Waals surface area contributed by atoms with Crippen molar-refractivity contribution in [3.8, 4) is 5.75 Å². The van der Waals surface area contributed by atoms with Gasteiger partial charge in [-0.15, -0.1) is 0 Å². The van der Waals surface area contributed by atoms with Crippen LogP contribution in [0.4, 0.5) is 0 Å². The molecule has 2 nitrogen and oxygen atoms in total. The molecule has 0 aliphatic rings. The third kappa shape index (κ3) is 2.60. The van der Waals surface area contributed by atoms with Gasteiger partial charge in [0, 0.05) is 12.1 Å². The third-order valence-electron chi connectivity index (χ3n) is 2.48. The van der Waals surface area contributed by atoms with Crippen molar-refractivity contribution in [3.63, 3.8) is 0 Å². The molecule has 1 aromatic carbocycles. The van der Waals surface area contributed by atoms with Crippen LogP contribution in [0, 0.1) is 6.92 Å². The third-order valence-corrected chi connectivity index (χ3v) is 2.48. The Kier molecular flexibility index (Phi) is 4.37. The summed E-state index contributed by atoms with van der Waals surface area (Å²) in [6, 6.07) is 4.04. The Bertz CT molecular complexity index is 356. The van der Waals surface area contributed by atoms with Crippen molar-refractivity contribution in [1.82, 2.24) is 0 Å². The van der Waals surface area contributed by atoms with Crippen LogP contribution >= 0.6 is 0 Å². The number of hydrogen-bond acceptors (Lipinski definition) is 2. The Morgan fingerprint density at radius 1 is 1.40 bits per heavy atom. The summed E-state index contributed by atoms with van der Waals surface area (Å²) in [4.78, 5) is 0. The summed E-state index contributed by atoms with van der Waals surface area (Å²) in [5.74, 6) is 0.874. The molecule has 0 aliphatic carbocycles. The van der Waals surface area contributed by atoms with Gasteiger partial charge in [-0.3, -0.25) is 0 Å². The molecule has 0 bridgehead atoms. The van der Waals surface area contributed by atoms with Gasteiger partial charge in [-0.25, -0.2) is 0 Å². The zero-order valence-electron chi connectivity index (χ0n) is 9.71. The Hall–Kier alpha value is -1.28. The second-order valence-corrected chi connectivity index (χ2v) is 3.49. The van der Waals surface area contributed by atoms with E-state index in [1.807, 2.05) is 6.07 Å². The van der Waals surface area contributed by atoms with Crippen molar-refractivity contribution in [3.05, 3.63) is 34.9 Å². The number of allylic oxidation sites excluding steroid dienone is 1. The summed E-state index contributed by atoms with van der Waals surface area (Å²) in [6.45, 7) is 4.72. The molecule has 0 saturated heterocycles. The zero-order chi connectivity index (χ0) is 11.3. The highest BCUT2D eigenvalue weighted by atomic mass is 16.5. The number of nitrogens with two attached hydrogens (primary N) is 1. The van der Waals surface area contributed by atoms with Crippen molar-refractivity contribution in [2.75, 3.05) is 7.11 Å². The number of hydrogen-bond donors (Lipinski definition) is 1. The van der Waals surface area contributed by atoms with E-state index in [9.17, 15) is 0 Å². The molecule has 0 spiro atoms. The molecule has 0 atom stereocenters. The number of rotatable bonds is 4. The average Bonchev–Trinajstić information content (AvgIpc) is 2.27. The van der Waals surface area contributed by atoms with E-state index < -0.39 is 0 Å². The van der Waals surface area contributed by atoms with Gasteiger partial charge in [-0.05, 0) is 30.5 Å². The van der Waals surface area contributed by atoms with E-state index in [1.165, 1.54) is 11.1 Å². The Labute approximate surface area is 91.7 Å². The molecule has 1 aromatic rings. The summed E-state index contributed by atoms with van der Waals surface area (Å²) in [5, 5.41) is 0. The first-order valence-electron chi connectivity index (χ1n) is 5.27. The highest BCUT2D eigenvalue weighted by molar-refractivity contribution is 5.61. The number of ether oxygens (including phenoxy) is 1. The van der Waals surface area contributed by atoms with Crippen LogP contribution in [0.25, 0.3) is 6.08 Å². The molecule has 0 aliphatic heterocycles. The summed E-state index contributed by atoms with van der Waals surface area (Å²) >= 11 is 0. The fraction of sp³-hybridized carbons (Fsp3) is 0.385. The number of methoxy groups -OCH3 is 1. The second-order valence-electron chi connectivity index (χ2n) is 3.49. The normalized spacial score (nSPS) is 10.9. The van der Waals surface area contributed by atoms with Gasteiger partial charge in [0.15, 0.2) is 0 Å². The van der Waals surface area contributed by atoms with Crippen molar-refractivity contribution >= 4 is 6.08 Å². The molecular formula is C13H19NO. The molecule has 2 heteroatoms. The van der Waals surface area contributed by atoms with Crippen LogP contribution < -0.4 is 10.5 Å². The van der Waals surface area contributed by atoms with Gasteiger partial charge < -0.3 is 10.5 Å². The topological polar surface area (TPSA) is 35.2 Å². The summed E-state index contributed by atoms with van der Waals surface area (Å²) in [6.07, 6.45) is 5.29. The van der Waals surface area contributed by atoms with Gasteiger partial charge in [-0.2, -0.15) is 0 Å². The molecular weight excluding hydrogens is 186 g/mol. The molecule has 0 radical (unpaired) electrons. The van der Waals surface area contributed by atoms with Crippen LogP contribution in [0.5, 0.6) is 5.75 Å². The maximum Gasteiger partial charge on any atom is 0.123 e. The van der Waals surface area contributed by atoms with Crippen LogP contribution in [-0.2, 0) is 6.54 Å². The molecule has 0 aromatic heterocycles. The Balaban J connectivity index is 3.25. The zero-order valence-corrected chi connectivity index (χ0v) is 9.71. The van der Waals surface area contributed by atoms with Crippen LogP contribution in [0.15, 0.2) is 18.2 Å². The predicted molar refractivity (Wildman–Crippen MR) is 64.9 cm³/mol. The van der Waals surface area contributed by atoms with Gasteiger partial charge in [0.25, 0.3) is 0 Å². The van der Waals surface area contributed by atoms with Gasteiger partial charge in [-0.1, -0.05) is 25.1 Å². The lowest BCUT2D eigenvalue weighted by Gasteiger charge is -2.12. The van der Waals surface area contributed by atoms with E-state index >= 15 is 0 Å². The largest absolute Gasteiger partial charge is 0.496 e. The molecule has 0 amide bonds. The fourth-order valence-electron chi connectivity index (χ4n) is 1.63. The molecule has 82 valence electrons. The maximum atomic E-state index is 5.75. The van der Waals surface area contributed by atoms with E-state index in [0.29, 0.717) is 6.54 Å². The SMILES string of the molecule is CC/C=C\c1c(C)ccc(OC)c1CN. The highest BCUT2D eigenvalue weighted by Crippen LogP contribution is 2.26. The minimum atomic E-state index is 0.508. The lowest BCUT2D eigenvalue weighted by atomic mass is 10.00. The van der Waals surface area contributed by atoms with Gasteiger partial charge >= 0.3 is 0 Å². The van der Waals surface area contributed by atoms with Gasteiger partial charge in [0.1, 0.15) is 5.75 Å². The number of aryl methyl sites for hydroxylation is 1. The molecule has 0 heterocycles.